The lowest BCUT2D eigenvalue weighted by molar-refractivity contribution is -0.112. The molecule has 148 valence electrons. The van der Waals surface area contributed by atoms with Crippen molar-refractivity contribution in [3.63, 3.8) is 0 Å². The number of allylic oxidation sites excluding steroid dienone is 1. The minimum atomic E-state index is -0.365. The highest BCUT2D eigenvalue weighted by molar-refractivity contribution is 6.09. The summed E-state index contributed by atoms with van der Waals surface area (Å²) in [5.74, 6) is 0.265. The number of rotatable bonds is 4. The monoisotopic (exact) mass is 381 g/mol. The Hall–Kier alpha value is -3.22. The van der Waals surface area contributed by atoms with Gasteiger partial charge in [-0.25, -0.2) is 4.79 Å². The Morgan fingerprint density at radius 3 is 2.14 bits per heavy atom. The topological polar surface area (TPSA) is 95.0 Å². The second kappa shape index (κ2) is 9.12. The van der Waals surface area contributed by atoms with Gasteiger partial charge in [0.1, 0.15) is 11.5 Å². The predicted molar refractivity (Wildman–Crippen MR) is 115 cm³/mol. The molecule has 2 rings (SSSR count). The van der Waals surface area contributed by atoms with Crippen LogP contribution in [0.25, 0.3) is 0 Å². The summed E-state index contributed by atoms with van der Waals surface area (Å²) in [6, 6.07) is 6.47. The van der Waals surface area contributed by atoms with E-state index in [4.69, 9.17) is 0 Å². The van der Waals surface area contributed by atoms with E-state index in [2.05, 4.69) is 46.7 Å². The predicted octanol–water partition coefficient (Wildman–Crippen LogP) is 4.13. The van der Waals surface area contributed by atoms with Gasteiger partial charge < -0.3 is 10.6 Å². The Bertz CT molecular complexity index is 856. The molecule has 0 atom stereocenters. The first-order valence-corrected chi connectivity index (χ1v) is 9.13. The van der Waals surface area contributed by atoms with Gasteiger partial charge in [0.15, 0.2) is 0 Å². The van der Waals surface area contributed by atoms with Crippen LogP contribution in [0.15, 0.2) is 57.7 Å². The third kappa shape index (κ3) is 5.90. The first-order chi connectivity index (χ1) is 13.2. The van der Waals surface area contributed by atoms with Crippen molar-refractivity contribution in [1.29, 1.82) is 0 Å². The lowest BCUT2D eigenvalue weighted by Gasteiger charge is -2.18. The molecule has 0 aromatic heterocycles. The number of nitrogens with zero attached hydrogens (tertiary/aromatic N) is 2. The summed E-state index contributed by atoms with van der Waals surface area (Å²) in [6.45, 7) is 10.5. The quantitative estimate of drug-likeness (QED) is 0.540. The smallest absolute Gasteiger partial charge is 0.321 e. The van der Waals surface area contributed by atoms with Gasteiger partial charge in [0.05, 0.1) is 6.54 Å². The number of benzene rings is 1. The molecule has 1 aliphatic rings. The maximum Gasteiger partial charge on any atom is 0.324 e. The van der Waals surface area contributed by atoms with Crippen LogP contribution in [0.3, 0.4) is 0 Å². The molecule has 1 aliphatic heterocycles. The van der Waals surface area contributed by atoms with Crippen molar-refractivity contribution < 1.29 is 9.59 Å². The zero-order valence-corrected chi connectivity index (χ0v) is 17.0. The SMILES string of the molecule is CC=N/C(=C\C)C(=O)Nc1ccc(NC(=O)NC2=NCC(C(C)(C)C)=C2)cc1. The van der Waals surface area contributed by atoms with Crippen LogP contribution in [0.1, 0.15) is 34.6 Å². The molecule has 1 heterocycles. The first-order valence-electron chi connectivity index (χ1n) is 9.13. The molecule has 0 bridgehead atoms. The normalized spacial score (nSPS) is 14.5. The Labute approximate surface area is 165 Å². The highest BCUT2D eigenvalue weighted by atomic mass is 16.2. The maximum atomic E-state index is 12.2. The lowest BCUT2D eigenvalue weighted by Crippen LogP contribution is -2.32. The molecule has 0 fully saturated rings. The fraction of sp³-hybridized carbons (Fsp3) is 0.333. The van der Waals surface area contributed by atoms with E-state index in [-0.39, 0.29) is 17.4 Å². The Morgan fingerprint density at radius 2 is 1.64 bits per heavy atom. The third-order valence-corrected chi connectivity index (χ3v) is 4.11. The standard InChI is InChI=1S/C21H27N5O2/c1-6-17(22-7-2)19(27)24-15-8-10-16(11-9-15)25-20(28)26-18-12-14(13-23-18)21(3,4)5/h6-12H,13H2,1-5H3,(H,24,27)(H2,23,25,26,28)/b17-6-,22-7?. The highest BCUT2D eigenvalue weighted by Gasteiger charge is 2.21. The van der Waals surface area contributed by atoms with Crippen LogP contribution in [0.4, 0.5) is 16.2 Å². The molecule has 0 radical (unpaired) electrons. The molecule has 7 heteroatoms. The van der Waals surface area contributed by atoms with Gasteiger partial charge >= 0.3 is 6.03 Å². The molecule has 0 saturated carbocycles. The summed E-state index contributed by atoms with van der Waals surface area (Å²) in [7, 11) is 0. The Kier molecular flexibility index (Phi) is 6.87. The van der Waals surface area contributed by atoms with Crippen molar-refractivity contribution in [3.05, 3.63) is 47.7 Å². The van der Waals surface area contributed by atoms with Crippen molar-refractivity contribution in [1.82, 2.24) is 5.32 Å². The van der Waals surface area contributed by atoms with Crippen LogP contribution >= 0.6 is 0 Å². The van der Waals surface area contributed by atoms with Crippen LogP contribution < -0.4 is 16.0 Å². The summed E-state index contributed by atoms with van der Waals surface area (Å²) < 4.78 is 0. The number of nitrogens with one attached hydrogen (secondary N) is 3. The van der Waals surface area contributed by atoms with E-state index in [0.29, 0.717) is 29.5 Å². The summed E-state index contributed by atoms with van der Waals surface area (Å²) >= 11 is 0. The van der Waals surface area contributed by atoms with E-state index in [1.54, 1.807) is 50.4 Å². The summed E-state index contributed by atoms with van der Waals surface area (Å²) in [6.07, 6.45) is 5.12. The maximum absolute atomic E-state index is 12.2. The number of amidine groups is 1. The minimum absolute atomic E-state index is 0.0267. The molecule has 3 amide bonds. The van der Waals surface area contributed by atoms with E-state index in [0.717, 1.165) is 0 Å². The van der Waals surface area contributed by atoms with Gasteiger partial charge in [-0.15, -0.1) is 0 Å². The lowest BCUT2D eigenvalue weighted by atomic mass is 9.87. The molecule has 28 heavy (non-hydrogen) atoms. The Morgan fingerprint density at radius 1 is 1.04 bits per heavy atom. The number of aliphatic imine (C=N–C) groups is 2. The molecule has 0 unspecified atom stereocenters. The number of carbonyl (C=O) groups excluding carboxylic acids is 2. The number of amides is 3. The minimum Gasteiger partial charge on any atom is -0.321 e. The van der Waals surface area contributed by atoms with Crippen LogP contribution in [-0.4, -0.2) is 30.5 Å². The molecule has 7 nitrogen and oxygen atoms in total. The second-order valence-corrected chi connectivity index (χ2v) is 7.29. The third-order valence-electron chi connectivity index (χ3n) is 4.11. The fourth-order valence-electron chi connectivity index (χ4n) is 2.47. The average Bonchev–Trinajstić information content (AvgIpc) is 3.10. The Balaban J connectivity index is 1.91. The number of anilines is 2. The van der Waals surface area contributed by atoms with Gasteiger partial charge in [-0.1, -0.05) is 26.8 Å². The summed E-state index contributed by atoms with van der Waals surface area (Å²) in [4.78, 5) is 32.6. The van der Waals surface area contributed by atoms with Crippen LogP contribution in [0, 0.1) is 5.41 Å². The van der Waals surface area contributed by atoms with Crippen molar-refractivity contribution in [3.8, 4) is 0 Å². The van der Waals surface area contributed by atoms with Gasteiger partial charge in [-0.2, -0.15) is 0 Å². The van der Waals surface area contributed by atoms with E-state index in [1.807, 2.05) is 6.08 Å². The molecule has 1 aromatic rings. The largest absolute Gasteiger partial charge is 0.324 e. The average molecular weight is 381 g/mol. The van der Waals surface area contributed by atoms with Gasteiger partial charge in [0.2, 0.25) is 0 Å². The molecular weight excluding hydrogens is 354 g/mol. The molecular formula is C21H27N5O2. The summed E-state index contributed by atoms with van der Waals surface area (Å²) in [5.41, 5.74) is 2.75. The van der Waals surface area contributed by atoms with E-state index in [9.17, 15) is 9.59 Å². The molecule has 0 saturated heterocycles. The summed E-state index contributed by atoms with van der Waals surface area (Å²) in [5, 5.41) is 8.25. The van der Waals surface area contributed by atoms with E-state index in [1.165, 1.54) is 5.57 Å². The fourth-order valence-corrected chi connectivity index (χ4v) is 2.47. The van der Waals surface area contributed by atoms with Crippen LogP contribution in [0.5, 0.6) is 0 Å². The van der Waals surface area contributed by atoms with Crippen molar-refractivity contribution in [2.24, 2.45) is 15.4 Å². The zero-order chi connectivity index (χ0) is 20.7. The van der Waals surface area contributed by atoms with Crippen molar-refractivity contribution in [2.45, 2.75) is 34.6 Å². The number of hydrogen-bond donors (Lipinski definition) is 3. The molecule has 0 aliphatic carbocycles. The number of hydrogen-bond acceptors (Lipinski definition) is 4. The van der Waals surface area contributed by atoms with Gasteiger partial charge in [-0.3, -0.25) is 20.1 Å². The van der Waals surface area contributed by atoms with Gasteiger partial charge in [0, 0.05) is 17.6 Å². The van der Waals surface area contributed by atoms with Crippen LogP contribution in [-0.2, 0) is 4.79 Å². The van der Waals surface area contributed by atoms with E-state index >= 15 is 0 Å². The van der Waals surface area contributed by atoms with Crippen molar-refractivity contribution >= 4 is 35.4 Å². The van der Waals surface area contributed by atoms with Crippen molar-refractivity contribution in [2.75, 3.05) is 17.2 Å². The second-order valence-electron chi connectivity index (χ2n) is 7.29. The molecule has 0 spiro atoms. The number of carbonyl (C=O) groups is 2. The molecule has 1 aromatic carbocycles. The highest BCUT2D eigenvalue weighted by Crippen LogP contribution is 2.27. The first kappa shape index (κ1) is 21.1. The van der Waals surface area contributed by atoms with Gasteiger partial charge in [0.25, 0.3) is 5.91 Å². The zero-order valence-electron chi connectivity index (χ0n) is 17.0. The van der Waals surface area contributed by atoms with Gasteiger partial charge in [-0.05, 0) is 55.2 Å². The molecule has 3 N–H and O–H groups in total. The number of urea groups is 1. The van der Waals surface area contributed by atoms with E-state index < -0.39 is 0 Å². The van der Waals surface area contributed by atoms with Crippen LogP contribution in [0.2, 0.25) is 0 Å².